The summed E-state index contributed by atoms with van der Waals surface area (Å²) in [4.78, 5) is 0. The zero-order valence-electron chi connectivity index (χ0n) is 4.16. The number of aromatic hydroxyl groups is 1. The van der Waals surface area contributed by atoms with Crippen LogP contribution >= 0.6 is 0 Å². The molecule has 8 heavy (non-hydrogen) atoms. The van der Waals surface area contributed by atoms with Crippen molar-refractivity contribution < 1.29 is 14.6 Å². The summed E-state index contributed by atoms with van der Waals surface area (Å²) < 4.78 is 4.45. The summed E-state index contributed by atoms with van der Waals surface area (Å²) in [5, 5.41) is 17.0. The summed E-state index contributed by atoms with van der Waals surface area (Å²) in [7, 11) is 0. The first kappa shape index (κ1) is 5.18. The maximum Gasteiger partial charge on any atom is 0.287 e. The average Bonchev–Trinajstić information content (AvgIpc) is 2.14. The monoisotopic (exact) mass is 114 g/mol. The fourth-order valence-electron chi connectivity index (χ4n) is 0.448. The lowest BCUT2D eigenvalue weighted by Crippen LogP contribution is -1.75. The van der Waals surface area contributed by atoms with Crippen molar-refractivity contribution in [2.24, 2.45) is 0 Å². The molecule has 0 amide bonds. The maximum absolute atomic E-state index is 8.62. The molecule has 0 saturated heterocycles. The van der Waals surface area contributed by atoms with Gasteiger partial charge >= 0.3 is 0 Å². The van der Waals surface area contributed by atoms with E-state index in [1.54, 1.807) is 0 Å². The van der Waals surface area contributed by atoms with Gasteiger partial charge in [-0.15, -0.1) is 0 Å². The Morgan fingerprint density at radius 1 is 1.62 bits per heavy atom. The lowest BCUT2D eigenvalue weighted by Gasteiger charge is -1.84. The SMILES string of the molecule is OCc1ccoc1O. The highest BCUT2D eigenvalue weighted by Crippen LogP contribution is 2.16. The minimum absolute atomic E-state index is 0.178. The van der Waals surface area contributed by atoms with Gasteiger partial charge in [-0.25, -0.2) is 0 Å². The van der Waals surface area contributed by atoms with E-state index in [4.69, 9.17) is 10.2 Å². The standard InChI is InChI=1S/C5H6O3/c6-3-4-1-2-8-5(4)7/h1-2,6-7H,3H2. The van der Waals surface area contributed by atoms with Gasteiger partial charge < -0.3 is 14.6 Å². The van der Waals surface area contributed by atoms with Crippen molar-refractivity contribution in [3.8, 4) is 5.95 Å². The molecule has 2 N–H and O–H groups in total. The van der Waals surface area contributed by atoms with Gasteiger partial charge in [-0.2, -0.15) is 0 Å². The minimum atomic E-state index is -0.201. The Morgan fingerprint density at radius 2 is 2.38 bits per heavy atom. The van der Waals surface area contributed by atoms with Crippen LogP contribution in [0.15, 0.2) is 16.7 Å². The van der Waals surface area contributed by atoms with Gasteiger partial charge in [0.15, 0.2) is 0 Å². The van der Waals surface area contributed by atoms with Gasteiger partial charge in [0, 0.05) is 0 Å². The van der Waals surface area contributed by atoms with Crippen molar-refractivity contribution in [3.05, 3.63) is 17.9 Å². The van der Waals surface area contributed by atoms with Crippen LogP contribution in [0.3, 0.4) is 0 Å². The van der Waals surface area contributed by atoms with Crippen LogP contribution in [-0.2, 0) is 6.61 Å². The van der Waals surface area contributed by atoms with Crippen LogP contribution in [0.1, 0.15) is 5.56 Å². The van der Waals surface area contributed by atoms with Crippen molar-refractivity contribution in [3.63, 3.8) is 0 Å². The molecule has 0 bridgehead atoms. The molecular weight excluding hydrogens is 108 g/mol. The molecule has 1 aromatic rings. The minimum Gasteiger partial charge on any atom is -0.480 e. The van der Waals surface area contributed by atoms with E-state index in [-0.39, 0.29) is 12.6 Å². The molecule has 3 nitrogen and oxygen atoms in total. The number of aliphatic hydroxyl groups is 1. The number of hydrogen-bond donors (Lipinski definition) is 2. The second-order valence-corrected chi connectivity index (χ2v) is 1.41. The van der Waals surface area contributed by atoms with E-state index in [2.05, 4.69) is 4.42 Å². The molecule has 3 heteroatoms. The van der Waals surface area contributed by atoms with E-state index in [1.165, 1.54) is 12.3 Å². The zero-order chi connectivity index (χ0) is 5.98. The molecule has 0 spiro atoms. The first-order valence-corrected chi connectivity index (χ1v) is 2.21. The number of rotatable bonds is 1. The molecule has 0 unspecified atom stereocenters. The van der Waals surface area contributed by atoms with Crippen LogP contribution in [-0.4, -0.2) is 10.2 Å². The highest BCUT2D eigenvalue weighted by Gasteiger charge is 1.99. The van der Waals surface area contributed by atoms with Gasteiger partial charge in [-0.05, 0) is 6.07 Å². The molecule has 0 aliphatic carbocycles. The highest BCUT2D eigenvalue weighted by molar-refractivity contribution is 5.19. The molecular formula is C5H6O3. The van der Waals surface area contributed by atoms with Crippen molar-refractivity contribution in [2.45, 2.75) is 6.61 Å². The molecule has 0 fully saturated rings. The van der Waals surface area contributed by atoms with Crippen LogP contribution in [0.2, 0.25) is 0 Å². The molecule has 0 radical (unpaired) electrons. The summed E-state index contributed by atoms with van der Waals surface area (Å²) in [5.41, 5.74) is 0.421. The third kappa shape index (κ3) is 0.675. The van der Waals surface area contributed by atoms with Gasteiger partial charge in [-0.3, -0.25) is 0 Å². The average molecular weight is 114 g/mol. The first-order chi connectivity index (χ1) is 3.84. The predicted octanol–water partition coefficient (Wildman–Crippen LogP) is 0.478. The number of furan rings is 1. The third-order valence-corrected chi connectivity index (χ3v) is 0.894. The molecule has 1 aromatic heterocycles. The normalized spacial score (nSPS) is 9.62. The van der Waals surface area contributed by atoms with Crippen molar-refractivity contribution in [2.75, 3.05) is 0 Å². The van der Waals surface area contributed by atoms with E-state index in [9.17, 15) is 0 Å². The van der Waals surface area contributed by atoms with Gasteiger partial charge in [-0.1, -0.05) is 0 Å². The Morgan fingerprint density at radius 3 is 2.62 bits per heavy atom. The number of hydrogen-bond acceptors (Lipinski definition) is 3. The zero-order valence-corrected chi connectivity index (χ0v) is 4.16. The predicted molar refractivity (Wildman–Crippen MR) is 26.3 cm³/mol. The molecule has 0 atom stereocenters. The van der Waals surface area contributed by atoms with Crippen LogP contribution in [0.5, 0.6) is 5.95 Å². The summed E-state index contributed by atoms with van der Waals surface area (Å²) in [6.07, 6.45) is 1.32. The van der Waals surface area contributed by atoms with Crippen LogP contribution in [0.4, 0.5) is 0 Å². The van der Waals surface area contributed by atoms with Crippen molar-refractivity contribution >= 4 is 0 Å². The van der Waals surface area contributed by atoms with Gasteiger partial charge in [0.2, 0.25) is 0 Å². The van der Waals surface area contributed by atoms with Gasteiger partial charge in [0.1, 0.15) is 0 Å². The number of aliphatic hydroxyl groups excluding tert-OH is 1. The van der Waals surface area contributed by atoms with E-state index in [0.717, 1.165) is 0 Å². The third-order valence-electron chi connectivity index (χ3n) is 0.894. The smallest absolute Gasteiger partial charge is 0.287 e. The lowest BCUT2D eigenvalue weighted by molar-refractivity contribution is 0.262. The Hall–Kier alpha value is -0.960. The molecule has 0 aliphatic rings. The van der Waals surface area contributed by atoms with Crippen molar-refractivity contribution in [1.29, 1.82) is 0 Å². The quantitative estimate of drug-likeness (QED) is 0.558. The topological polar surface area (TPSA) is 53.6 Å². The van der Waals surface area contributed by atoms with Crippen LogP contribution < -0.4 is 0 Å². The first-order valence-electron chi connectivity index (χ1n) is 2.21. The Kier molecular flexibility index (Phi) is 1.22. The highest BCUT2D eigenvalue weighted by atomic mass is 16.5. The second-order valence-electron chi connectivity index (χ2n) is 1.41. The second kappa shape index (κ2) is 1.88. The summed E-state index contributed by atoms with van der Waals surface area (Å²) in [6.45, 7) is -0.178. The Bertz CT molecular complexity index is 168. The molecule has 1 rings (SSSR count). The van der Waals surface area contributed by atoms with Crippen LogP contribution in [0.25, 0.3) is 0 Å². The van der Waals surface area contributed by atoms with Crippen LogP contribution in [0, 0.1) is 0 Å². The molecule has 0 aliphatic heterocycles. The Labute approximate surface area is 46.2 Å². The maximum atomic E-state index is 8.62. The summed E-state index contributed by atoms with van der Waals surface area (Å²) in [6, 6.07) is 1.51. The van der Waals surface area contributed by atoms with E-state index >= 15 is 0 Å². The molecule has 1 heterocycles. The molecule has 0 aromatic carbocycles. The summed E-state index contributed by atoms with van der Waals surface area (Å²) >= 11 is 0. The fourth-order valence-corrected chi connectivity index (χ4v) is 0.448. The lowest BCUT2D eigenvalue weighted by atomic mass is 10.4. The van der Waals surface area contributed by atoms with E-state index in [1.807, 2.05) is 0 Å². The van der Waals surface area contributed by atoms with Crippen molar-refractivity contribution in [1.82, 2.24) is 0 Å². The Balaban J connectivity index is 2.92. The largest absolute Gasteiger partial charge is 0.480 e. The van der Waals surface area contributed by atoms with E-state index < -0.39 is 0 Å². The molecule has 0 saturated carbocycles. The van der Waals surface area contributed by atoms with Gasteiger partial charge in [0.25, 0.3) is 5.95 Å². The molecule has 44 valence electrons. The summed E-state index contributed by atoms with van der Waals surface area (Å²) in [5.74, 6) is -0.201. The van der Waals surface area contributed by atoms with E-state index in [0.29, 0.717) is 5.56 Å². The fraction of sp³-hybridized carbons (Fsp3) is 0.200. The van der Waals surface area contributed by atoms with Gasteiger partial charge in [0.05, 0.1) is 18.4 Å².